The summed E-state index contributed by atoms with van der Waals surface area (Å²) in [4.78, 5) is 22.8. The van der Waals surface area contributed by atoms with Crippen LogP contribution in [-0.4, -0.2) is 11.1 Å². The van der Waals surface area contributed by atoms with E-state index >= 15 is 0 Å². The van der Waals surface area contributed by atoms with Crippen molar-refractivity contribution < 1.29 is 14.0 Å². The van der Waals surface area contributed by atoms with Gasteiger partial charge in [0.15, 0.2) is 0 Å². The van der Waals surface area contributed by atoms with E-state index in [1.807, 2.05) is 18.2 Å². The highest BCUT2D eigenvalue weighted by molar-refractivity contribution is 8.18. The lowest BCUT2D eigenvalue weighted by molar-refractivity contribution is -0.115. The lowest BCUT2D eigenvalue weighted by atomic mass is 10.2. The number of carbonyl (C=O) groups excluding carboxylic acids is 2. The Kier molecular flexibility index (Phi) is 3.38. The zero-order valence-electron chi connectivity index (χ0n) is 10.1. The minimum Gasteiger partial charge on any atom is -0.457 e. The second-order valence-electron chi connectivity index (χ2n) is 4.03. The van der Waals surface area contributed by atoms with Crippen LogP contribution in [0.3, 0.4) is 0 Å². The maximum atomic E-state index is 11.4. The van der Waals surface area contributed by atoms with Gasteiger partial charge in [-0.3, -0.25) is 14.9 Å². The maximum Gasteiger partial charge on any atom is 0.290 e. The topological polar surface area (TPSA) is 59.3 Å². The third-order valence-corrected chi connectivity index (χ3v) is 3.82. The van der Waals surface area contributed by atoms with E-state index in [1.54, 1.807) is 18.2 Å². The number of halogens is 1. The molecule has 0 saturated carbocycles. The Hall–Kier alpha value is -1.98. The number of nitrogens with one attached hydrogen (secondary N) is 1. The summed E-state index contributed by atoms with van der Waals surface area (Å²) in [5, 5.41) is 2.40. The molecule has 1 aliphatic heterocycles. The number of hydrogen-bond acceptors (Lipinski definition) is 4. The van der Waals surface area contributed by atoms with Crippen LogP contribution in [0.4, 0.5) is 4.79 Å². The minimum atomic E-state index is -0.407. The van der Waals surface area contributed by atoms with Gasteiger partial charge in [-0.05, 0) is 36.0 Å². The molecule has 1 aliphatic rings. The first-order valence-electron chi connectivity index (χ1n) is 5.73. The Morgan fingerprint density at radius 3 is 2.65 bits per heavy atom. The second kappa shape index (κ2) is 5.19. The molecule has 1 N–H and O–H groups in total. The lowest BCUT2D eigenvalue weighted by Gasteiger charge is -1.99. The van der Waals surface area contributed by atoms with Crippen molar-refractivity contribution in [3.63, 3.8) is 0 Å². The summed E-state index contributed by atoms with van der Waals surface area (Å²) in [6.45, 7) is 0. The van der Waals surface area contributed by atoms with Crippen LogP contribution in [0, 0.1) is 0 Å². The molecular weight excluding hydrogens is 298 g/mol. The highest BCUT2D eigenvalue weighted by atomic mass is 35.5. The van der Waals surface area contributed by atoms with Gasteiger partial charge in [0, 0.05) is 11.6 Å². The molecule has 1 saturated heterocycles. The van der Waals surface area contributed by atoms with Gasteiger partial charge in [-0.25, -0.2) is 0 Å². The summed E-state index contributed by atoms with van der Waals surface area (Å²) in [6.07, 6.45) is 1.53. The van der Waals surface area contributed by atoms with Gasteiger partial charge in [-0.1, -0.05) is 23.7 Å². The highest BCUT2D eigenvalue weighted by Gasteiger charge is 2.25. The van der Waals surface area contributed by atoms with Crippen molar-refractivity contribution in [2.75, 3.05) is 0 Å². The SMILES string of the molecule is O=C1NC(=O)/C(=C\c2ccc(-c3ccccc3Cl)o2)S1. The van der Waals surface area contributed by atoms with E-state index in [4.69, 9.17) is 16.0 Å². The molecule has 0 unspecified atom stereocenters. The molecule has 6 heteroatoms. The fourth-order valence-electron chi connectivity index (χ4n) is 1.79. The average Bonchev–Trinajstić information content (AvgIpc) is 2.98. The van der Waals surface area contributed by atoms with Gasteiger partial charge in [-0.2, -0.15) is 0 Å². The van der Waals surface area contributed by atoms with Gasteiger partial charge in [0.1, 0.15) is 11.5 Å². The first kappa shape index (κ1) is 13.0. The van der Waals surface area contributed by atoms with E-state index in [-0.39, 0.29) is 5.24 Å². The average molecular weight is 306 g/mol. The van der Waals surface area contributed by atoms with Crippen LogP contribution < -0.4 is 5.32 Å². The van der Waals surface area contributed by atoms with Gasteiger partial charge < -0.3 is 4.42 Å². The first-order chi connectivity index (χ1) is 9.63. The highest BCUT2D eigenvalue weighted by Crippen LogP contribution is 2.31. The van der Waals surface area contributed by atoms with E-state index in [0.717, 1.165) is 17.3 Å². The Morgan fingerprint density at radius 1 is 1.15 bits per heavy atom. The smallest absolute Gasteiger partial charge is 0.290 e. The number of benzene rings is 1. The molecule has 1 aromatic carbocycles. The van der Waals surface area contributed by atoms with Crippen LogP contribution >= 0.6 is 23.4 Å². The number of furan rings is 1. The maximum absolute atomic E-state index is 11.4. The van der Waals surface area contributed by atoms with E-state index in [2.05, 4.69) is 5.32 Å². The molecule has 2 aromatic rings. The molecule has 2 heterocycles. The van der Waals surface area contributed by atoms with Crippen LogP contribution in [0.25, 0.3) is 17.4 Å². The number of imide groups is 1. The van der Waals surface area contributed by atoms with E-state index in [1.165, 1.54) is 6.08 Å². The first-order valence-corrected chi connectivity index (χ1v) is 6.92. The Bertz CT molecular complexity index is 736. The molecule has 4 nitrogen and oxygen atoms in total. The van der Waals surface area contributed by atoms with Crippen molar-refractivity contribution in [1.29, 1.82) is 0 Å². The van der Waals surface area contributed by atoms with Crippen molar-refractivity contribution in [2.24, 2.45) is 0 Å². The summed E-state index contributed by atoms with van der Waals surface area (Å²) in [7, 11) is 0. The normalized spacial score (nSPS) is 16.8. The molecule has 0 spiro atoms. The zero-order chi connectivity index (χ0) is 14.1. The third kappa shape index (κ3) is 2.50. The predicted octanol–water partition coefficient (Wildman–Crippen LogP) is 3.92. The molecule has 1 fully saturated rings. The Morgan fingerprint density at radius 2 is 1.95 bits per heavy atom. The molecule has 0 bridgehead atoms. The number of rotatable bonds is 2. The largest absolute Gasteiger partial charge is 0.457 e. The van der Waals surface area contributed by atoms with Crippen molar-refractivity contribution >= 4 is 40.6 Å². The molecule has 2 amide bonds. The fraction of sp³-hybridized carbons (Fsp3) is 0. The summed E-state index contributed by atoms with van der Waals surface area (Å²) < 4.78 is 5.63. The molecule has 1 aromatic heterocycles. The van der Waals surface area contributed by atoms with Crippen molar-refractivity contribution in [3.05, 3.63) is 52.1 Å². The van der Waals surface area contributed by atoms with Crippen molar-refractivity contribution in [1.82, 2.24) is 5.32 Å². The fourth-order valence-corrected chi connectivity index (χ4v) is 2.68. The van der Waals surface area contributed by atoms with Gasteiger partial charge >= 0.3 is 0 Å². The number of hydrogen-bond donors (Lipinski definition) is 1. The van der Waals surface area contributed by atoms with E-state index < -0.39 is 5.91 Å². The van der Waals surface area contributed by atoms with Crippen LogP contribution in [0.1, 0.15) is 5.76 Å². The Balaban J connectivity index is 1.92. The van der Waals surface area contributed by atoms with Gasteiger partial charge in [0.25, 0.3) is 11.1 Å². The van der Waals surface area contributed by atoms with Gasteiger partial charge in [0.05, 0.1) is 9.93 Å². The molecule has 3 rings (SSSR count). The summed E-state index contributed by atoms with van der Waals surface area (Å²) in [6, 6.07) is 10.8. The predicted molar refractivity (Wildman–Crippen MR) is 78.3 cm³/mol. The number of thioether (sulfide) groups is 1. The summed E-state index contributed by atoms with van der Waals surface area (Å²) in [5.41, 5.74) is 0.776. The van der Waals surface area contributed by atoms with Crippen LogP contribution in [-0.2, 0) is 4.79 Å². The van der Waals surface area contributed by atoms with Gasteiger partial charge in [0.2, 0.25) is 0 Å². The second-order valence-corrected chi connectivity index (χ2v) is 5.46. The number of carbonyl (C=O) groups is 2. The van der Waals surface area contributed by atoms with Crippen molar-refractivity contribution in [3.8, 4) is 11.3 Å². The molecule has 0 radical (unpaired) electrons. The molecule has 100 valence electrons. The van der Waals surface area contributed by atoms with Crippen molar-refractivity contribution in [2.45, 2.75) is 0 Å². The lowest BCUT2D eigenvalue weighted by Crippen LogP contribution is -2.17. The molecular formula is C14H8ClNO3S. The summed E-state index contributed by atoms with van der Waals surface area (Å²) in [5.74, 6) is 0.695. The molecule has 0 aliphatic carbocycles. The molecule has 0 atom stereocenters. The summed E-state index contributed by atoms with van der Waals surface area (Å²) >= 11 is 6.94. The molecule has 20 heavy (non-hydrogen) atoms. The zero-order valence-corrected chi connectivity index (χ0v) is 11.6. The third-order valence-electron chi connectivity index (χ3n) is 2.68. The number of amides is 2. The quantitative estimate of drug-likeness (QED) is 0.854. The standard InChI is InChI=1S/C14H8ClNO3S/c15-10-4-2-1-3-9(10)11-6-5-8(19-11)7-12-13(17)16-14(18)20-12/h1-7H,(H,16,17,18)/b12-7+. The minimum absolute atomic E-state index is 0.315. The van der Waals surface area contributed by atoms with Crippen LogP contribution in [0.5, 0.6) is 0 Å². The van der Waals surface area contributed by atoms with E-state index in [9.17, 15) is 9.59 Å². The monoisotopic (exact) mass is 305 g/mol. The van der Waals surface area contributed by atoms with Crippen LogP contribution in [0.2, 0.25) is 5.02 Å². The van der Waals surface area contributed by atoms with Crippen LogP contribution in [0.15, 0.2) is 45.7 Å². The van der Waals surface area contributed by atoms with Gasteiger partial charge in [-0.15, -0.1) is 0 Å². The Labute approximate surface area is 123 Å². The van der Waals surface area contributed by atoms with E-state index in [0.29, 0.717) is 21.4 Å².